The fraction of sp³-hybridized carbons (Fsp3) is 0.650. The zero-order chi connectivity index (χ0) is 17.6. The predicted octanol–water partition coefficient (Wildman–Crippen LogP) is 4.67. The average Bonchev–Trinajstić information content (AvgIpc) is 2.79. The third-order valence-electron chi connectivity index (χ3n) is 5.54. The SMILES string of the molecule is CC(C)(C)OC(=O)CC1(O)CCC2(CCc3cc(Br)ccc32)CC1. The molecule has 3 rings (SSSR count). The summed E-state index contributed by atoms with van der Waals surface area (Å²) in [5.41, 5.74) is 1.66. The highest BCUT2D eigenvalue weighted by Crippen LogP contribution is 2.51. The second-order valence-electron chi connectivity index (χ2n) is 8.57. The Morgan fingerprint density at radius 3 is 2.50 bits per heavy atom. The Hall–Kier alpha value is -0.870. The van der Waals surface area contributed by atoms with Gasteiger partial charge < -0.3 is 9.84 Å². The molecule has 132 valence electrons. The van der Waals surface area contributed by atoms with Gasteiger partial charge in [-0.2, -0.15) is 0 Å². The Balaban J connectivity index is 1.67. The van der Waals surface area contributed by atoms with Gasteiger partial charge in [-0.05, 0) is 88.0 Å². The van der Waals surface area contributed by atoms with Crippen LogP contribution < -0.4 is 0 Å². The summed E-state index contributed by atoms with van der Waals surface area (Å²) in [6.07, 6.45) is 5.60. The van der Waals surface area contributed by atoms with Crippen LogP contribution >= 0.6 is 15.9 Å². The highest BCUT2D eigenvalue weighted by molar-refractivity contribution is 9.10. The van der Waals surface area contributed by atoms with Crippen molar-refractivity contribution in [1.29, 1.82) is 0 Å². The standard InChI is InChI=1S/C20H27BrO3/c1-18(2,3)24-17(22)13-20(23)10-8-19(9-11-20)7-6-14-12-15(21)4-5-16(14)19/h4-5,12,23H,6-11,13H2,1-3H3. The van der Waals surface area contributed by atoms with Crippen molar-refractivity contribution >= 4 is 21.9 Å². The maximum absolute atomic E-state index is 12.1. The second-order valence-corrected chi connectivity index (χ2v) is 9.49. The number of ether oxygens (including phenoxy) is 1. The van der Waals surface area contributed by atoms with Gasteiger partial charge >= 0.3 is 5.97 Å². The molecule has 3 nitrogen and oxygen atoms in total. The molecular weight excluding hydrogens is 368 g/mol. The number of fused-ring (bicyclic) bond motifs is 2. The van der Waals surface area contributed by atoms with E-state index < -0.39 is 11.2 Å². The summed E-state index contributed by atoms with van der Waals surface area (Å²) >= 11 is 3.55. The Kier molecular flexibility index (Phi) is 4.59. The quantitative estimate of drug-likeness (QED) is 0.741. The van der Waals surface area contributed by atoms with Crippen molar-refractivity contribution in [1.82, 2.24) is 0 Å². The smallest absolute Gasteiger partial charge is 0.309 e. The normalized spacial score (nSPS) is 29.5. The number of carbonyl (C=O) groups is 1. The van der Waals surface area contributed by atoms with Crippen molar-refractivity contribution < 1.29 is 14.6 Å². The molecule has 4 heteroatoms. The van der Waals surface area contributed by atoms with Crippen LogP contribution in [0.25, 0.3) is 0 Å². The fourth-order valence-electron chi connectivity index (χ4n) is 4.33. The lowest BCUT2D eigenvalue weighted by Crippen LogP contribution is -2.42. The lowest BCUT2D eigenvalue weighted by Gasteiger charge is -2.42. The summed E-state index contributed by atoms with van der Waals surface area (Å²) in [6, 6.07) is 6.59. The molecule has 1 saturated carbocycles. The molecule has 0 amide bonds. The molecule has 1 aromatic carbocycles. The number of benzene rings is 1. The lowest BCUT2D eigenvalue weighted by atomic mass is 9.65. The molecule has 0 saturated heterocycles. The molecule has 0 heterocycles. The maximum Gasteiger partial charge on any atom is 0.309 e. The number of hydrogen-bond acceptors (Lipinski definition) is 3. The van der Waals surface area contributed by atoms with Crippen LogP contribution in [0.3, 0.4) is 0 Å². The third-order valence-corrected chi connectivity index (χ3v) is 6.04. The summed E-state index contributed by atoms with van der Waals surface area (Å²) in [5, 5.41) is 10.9. The first-order valence-electron chi connectivity index (χ1n) is 8.84. The zero-order valence-corrected chi connectivity index (χ0v) is 16.4. The number of halogens is 1. The van der Waals surface area contributed by atoms with E-state index in [0.717, 1.165) is 30.2 Å². The molecule has 2 aliphatic carbocycles. The van der Waals surface area contributed by atoms with E-state index in [1.54, 1.807) is 0 Å². The minimum absolute atomic E-state index is 0.105. The number of rotatable bonds is 2. The highest BCUT2D eigenvalue weighted by Gasteiger charge is 2.46. The first-order valence-corrected chi connectivity index (χ1v) is 9.63. The molecule has 1 N–H and O–H groups in total. The zero-order valence-electron chi connectivity index (χ0n) is 14.8. The summed E-state index contributed by atoms with van der Waals surface area (Å²) in [5.74, 6) is -0.295. The topological polar surface area (TPSA) is 46.5 Å². The van der Waals surface area contributed by atoms with Gasteiger partial charge in [-0.15, -0.1) is 0 Å². The molecule has 1 spiro atoms. The van der Waals surface area contributed by atoms with Crippen LogP contribution in [0.5, 0.6) is 0 Å². The maximum atomic E-state index is 12.1. The molecular formula is C20H27BrO3. The van der Waals surface area contributed by atoms with Gasteiger partial charge in [-0.25, -0.2) is 0 Å². The van der Waals surface area contributed by atoms with Gasteiger partial charge in [0.05, 0.1) is 12.0 Å². The summed E-state index contributed by atoms with van der Waals surface area (Å²) in [7, 11) is 0. The fourth-order valence-corrected chi connectivity index (χ4v) is 4.74. The first kappa shape index (κ1) is 17.9. The lowest BCUT2D eigenvalue weighted by molar-refractivity contribution is -0.162. The Bertz CT molecular complexity index is 637. The number of hydrogen-bond donors (Lipinski definition) is 1. The summed E-state index contributed by atoms with van der Waals surface area (Å²) in [6.45, 7) is 5.58. The molecule has 1 aromatic rings. The number of esters is 1. The molecule has 0 radical (unpaired) electrons. The predicted molar refractivity (Wildman–Crippen MR) is 98.0 cm³/mol. The van der Waals surface area contributed by atoms with Gasteiger partial charge in [0.1, 0.15) is 5.60 Å². The van der Waals surface area contributed by atoms with E-state index in [1.807, 2.05) is 20.8 Å². The monoisotopic (exact) mass is 394 g/mol. The van der Waals surface area contributed by atoms with Crippen molar-refractivity contribution in [3.8, 4) is 0 Å². The molecule has 0 bridgehead atoms. The highest BCUT2D eigenvalue weighted by atomic mass is 79.9. The van der Waals surface area contributed by atoms with E-state index in [0.29, 0.717) is 12.8 Å². The Morgan fingerprint density at radius 2 is 1.88 bits per heavy atom. The Labute approximate surface area is 152 Å². The van der Waals surface area contributed by atoms with Crippen LogP contribution in [-0.4, -0.2) is 22.3 Å². The van der Waals surface area contributed by atoms with E-state index >= 15 is 0 Å². The van der Waals surface area contributed by atoms with E-state index in [-0.39, 0.29) is 17.8 Å². The van der Waals surface area contributed by atoms with Gasteiger partial charge in [0, 0.05) is 4.47 Å². The molecule has 0 aliphatic heterocycles. The number of aliphatic hydroxyl groups is 1. The second kappa shape index (κ2) is 6.14. The van der Waals surface area contributed by atoms with E-state index in [9.17, 15) is 9.90 Å². The van der Waals surface area contributed by atoms with Crippen molar-refractivity contribution in [3.63, 3.8) is 0 Å². The van der Waals surface area contributed by atoms with Gasteiger partial charge in [0.25, 0.3) is 0 Å². The van der Waals surface area contributed by atoms with Crippen molar-refractivity contribution in [3.05, 3.63) is 33.8 Å². The summed E-state index contributed by atoms with van der Waals surface area (Å²) in [4.78, 5) is 12.1. The van der Waals surface area contributed by atoms with E-state index in [2.05, 4.69) is 34.1 Å². The van der Waals surface area contributed by atoms with E-state index in [4.69, 9.17) is 4.74 Å². The molecule has 0 aromatic heterocycles. The van der Waals surface area contributed by atoms with Gasteiger partial charge in [-0.3, -0.25) is 4.79 Å². The van der Waals surface area contributed by atoms with Gasteiger partial charge in [0.2, 0.25) is 0 Å². The number of aryl methyl sites for hydroxylation is 1. The molecule has 1 fully saturated rings. The molecule has 0 atom stereocenters. The minimum Gasteiger partial charge on any atom is -0.460 e. The van der Waals surface area contributed by atoms with Gasteiger partial charge in [0.15, 0.2) is 0 Å². The number of carbonyl (C=O) groups excluding carboxylic acids is 1. The van der Waals surface area contributed by atoms with Crippen LogP contribution in [0.4, 0.5) is 0 Å². The summed E-state index contributed by atoms with van der Waals surface area (Å²) < 4.78 is 6.52. The molecule has 24 heavy (non-hydrogen) atoms. The van der Waals surface area contributed by atoms with Crippen LogP contribution in [0.2, 0.25) is 0 Å². The largest absolute Gasteiger partial charge is 0.460 e. The Morgan fingerprint density at radius 1 is 1.21 bits per heavy atom. The minimum atomic E-state index is -0.911. The van der Waals surface area contributed by atoms with Crippen LogP contribution in [-0.2, 0) is 21.4 Å². The third kappa shape index (κ3) is 3.70. The molecule has 0 unspecified atom stereocenters. The van der Waals surface area contributed by atoms with E-state index in [1.165, 1.54) is 11.1 Å². The molecule has 2 aliphatic rings. The van der Waals surface area contributed by atoms with Crippen molar-refractivity contribution in [2.45, 2.75) is 82.3 Å². The van der Waals surface area contributed by atoms with Crippen LogP contribution in [0.15, 0.2) is 22.7 Å². The van der Waals surface area contributed by atoms with Crippen molar-refractivity contribution in [2.75, 3.05) is 0 Å². The van der Waals surface area contributed by atoms with Gasteiger partial charge in [-0.1, -0.05) is 22.0 Å². The first-order chi connectivity index (χ1) is 11.1. The van der Waals surface area contributed by atoms with Crippen LogP contribution in [0.1, 0.15) is 70.4 Å². The van der Waals surface area contributed by atoms with Crippen molar-refractivity contribution in [2.24, 2.45) is 0 Å². The van der Waals surface area contributed by atoms with Crippen LogP contribution in [0, 0.1) is 0 Å². The average molecular weight is 395 g/mol.